The zero-order valence-electron chi connectivity index (χ0n) is 16.1. The first-order valence-corrected chi connectivity index (χ1v) is 9.34. The number of amides is 1. The maximum atomic E-state index is 12.5. The molecule has 8 heteroatoms. The second-order valence-electron chi connectivity index (χ2n) is 7.37. The molecule has 3 heterocycles. The van der Waals surface area contributed by atoms with Gasteiger partial charge in [-0.15, -0.1) is 0 Å². The van der Waals surface area contributed by atoms with E-state index in [2.05, 4.69) is 44.1 Å². The highest BCUT2D eigenvalue weighted by atomic mass is 16.5. The molecular formula is C18H30N6O2. The summed E-state index contributed by atoms with van der Waals surface area (Å²) in [6.45, 7) is 9.60. The van der Waals surface area contributed by atoms with Crippen LogP contribution in [0.15, 0.2) is 6.20 Å². The molecule has 2 aliphatic rings. The van der Waals surface area contributed by atoms with Gasteiger partial charge in [0, 0.05) is 57.9 Å². The summed E-state index contributed by atoms with van der Waals surface area (Å²) in [7, 11) is 4.20. The maximum Gasteiger partial charge on any atom is 0.254 e. The van der Waals surface area contributed by atoms with Gasteiger partial charge < -0.3 is 24.8 Å². The molecule has 0 radical (unpaired) electrons. The minimum Gasteiger partial charge on any atom is -0.380 e. The minimum absolute atomic E-state index is 0.112. The summed E-state index contributed by atoms with van der Waals surface area (Å²) in [5.41, 5.74) is 1.27. The van der Waals surface area contributed by atoms with E-state index in [4.69, 9.17) is 4.74 Å². The lowest BCUT2D eigenvalue weighted by atomic mass is 10.1. The van der Waals surface area contributed by atoms with Crippen LogP contribution >= 0.6 is 0 Å². The van der Waals surface area contributed by atoms with Gasteiger partial charge in [-0.05, 0) is 21.0 Å². The van der Waals surface area contributed by atoms with Crippen molar-refractivity contribution in [2.75, 3.05) is 78.0 Å². The number of nitrogens with one attached hydrogen (secondary N) is 1. The molecule has 1 N–H and O–H groups in total. The number of ether oxygens (including phenoxy) is 1. The molecule has 3 rings (SSSR count). The molecule has 1 atom stereocenters. The highest BCUT2D eigenvalue weighted by Gasteiger charge is 2.20. The van der Waals surface area contributed by atoms with Gasteiger partial charge in [0.05, 0.1) is 24.5 Å². The lowest BCUT2D eigenvalue weighted by molar-refractivity contribution is 0.0920. The van der Waals surface area contributed by atoms with E-state index >= 15 is 0 Å². The van der Waals surface area contributed by atoms with Gasteiger partial charge in [-0.3, -0.25) is 4.79 Å². The Morgan fingerprint density at radius 3 is 2.73 bits per heavy atom. The zero-order chi connectivity index (χ0) is 18.5. The molecule has 0 aliphatic carbocycles. The quantitative estimate of drug-likeness (QED) is 0.798. The van der Waals surface area contributed by atoms with Crippen molar-refractivity contribution in [1.29, 1.82) is 0 Å². The number of carbonyl (C=O) groups excluding carboxylic acids is 1. The fraction of sp³-hybridized carbons (Fsp3) is 0.722. The third-order valence-electron chi connectivity index (χ3n) is 5.09. The van der Waals surface area contributed by atoms with Crippen molar-refractivity contribution in [3.05, 3.63) is 17.5 Å². The first-order chi connectivity index (χ1) is 12.5. The Morgan fingerprint density at radius 2 is 2.00 bits per heavy atom. The number of piperazine rings is 1. The van der Waals surface area contributed by atoms with Gasteiger partial charge in [-0.2, -0.15) is 0 Å². The Labute approximate surface area is 155 Å². The first kappa shape index (κ1) is 19.0. The van der Waals surface area contributed by atoms with E-state index in [1.165, 1.54) is 0 Å². The summed E-state index contributed by atoms with van der Waals surface area (Å²) >= 11 is 0. The van der Waals surface area contributed by atoms with Gasteiger partial charge in [0.1, 0.15) is 0 Å². The van der Waals surface area contributed by atoms with E-state index in [0.717, 1.165) is 51.6 Å². The Morgan fingerprint density at radius 1 is 1.23 bits per heavy atom. The number of hydrogen-bond donors (Lipinski definition) is 1. The van der Waals surface area contributed by atoms with Crippen LogP contribution in [0.2, 0.25) is 0 Å². The molecular weight excluding hydrogens is 332 g/mol. The van der Waals surface area contributed by atoms with Crippen LogP contribution in [0, 0.1) is 12.8 Å². The van der Waals surface area contributed by atoms with Crippen molar-refractivity contribution in [2.24, 2.45) is 5.92 Å². The standard InChI is InChI=1S/C18H30N6O2/c1-14-16(11-20-18(21-14)24-6-4-22(2)5-7-24)17(25)19-10-15-12-23(3)8-9-26-13-15/h11,15H,4-10,12-13H2,1-3H3,(H,19,25)/t15-/m0/s1. The van der Waals surface area contributed by atoms with Crippen LogP contribution < -0.4 is 10.2 Å². The van der Waals surface area contributed by atoms with Gasteiger partial charge in [0.25, 0.3) is 5.91 Å². The molecule has 1 amide bonds. The van der Waals surface area contributed by atoms with Crippen LogP contribution in [0.4, 0.5) is 5.95 Å². The summed E-state index contributed by atoms with van der Waals surface area (Å²) in [5.74, 6) is 0.905. The summed E-state index contributed by atoms with van der Waals surface area (Å²) in [6.07, 6.45) is 1.65. The van der Waals surface area contributed by atoms with Gasteiger partial charge in [-0.25, -0.2) is 9.97 Å². The van der Waals surface area contributed by atoms with Crippen molar-refractivity contribution < 1.29 is 9.53 Å². The van der Waals surface area contributed by atoms with E-state index in [1.54, 1.807) is 6.20 Å². The number of hydrogen-bond acceptors (Lipinski definition) is 7. The normalized spacial score (nSPS) is 22.9. The Hall–Kier alpha value is -1.77. The molecule has 1 aromatic heterocycles. The van der Waals surface area contributed by atoms with Crippen molar-refractivity contribution in [3.8, 4) is 0 Å². The molecule has 144 valence electrons. The molecule has 0 bridgehead atoms. The molecule has 2 aliphatic heterocycles. The summed E-state index contributed by atoms with van der Waals surface area (Å²) < 4.78 is 5.60. The number of nitrogens with zero attached hydrogens (tertiary/aromatic N) is 5. The van der Waals surface area contributed by atoms with Gasteiger partial charge in [0.15, 0.2) is 0 Å². The lowest BCUT2D eigenvalue weighted by Crippen LogP contribution is -2.45. The highest BCUT2D eigenvalue weighted by Crippen LogP contribution is 2.13. The summed E-state index contributed by atoms with van der Waals surface area (Å²) in [5, 5.41) is 3.02. The van der Waals surface area contributed by atoms with Crippen LogP contribution in [0.3, 0.4) is 0 Å². The van der Waals surface area contributed by atoms with Crippen LogP contribution in [-0.2, 0) is 4.74 Å². The van der Waals surface area contributed by atoms with E-state index in [9.17, 15) is 4.79 Å². The second kappa shape index (κ2) is 8.75. The summed E-state index contributed by atoms with van der Waals surface area (Å²) in [6, 6.07) is 0. The smallest absolute Gasteiger partial charge is 0.254 e. The molecule has 0 unspecified atom stereocenters. The third kappa shape index (κ3) is 4.90. The van der Waals surface area contributed by atoms with E-state index < -0.39 is 0 Å². The molecule has 2 saturated heterocycles. The van der Waals surface area contributed by atoms with Gasteiger partial charge in [-0.1, -0.05) is 0 Å². The number of aryl methyl sites for hydroxylation is 1. The van der Waals surface area contributed by atoms with E-state index in [1.807, 2.05) is 6.92 Å². The molecule has 26 heavy (non-hydrogen) atoms. The third-order valence-corrected chi connectivity index (χ3v) is 5.09. The molecule has 8 nitrogen and oxygen atoms in total. The van der Waals surface area contributed by atoms with Crippen molar-refractivity contribution in [3.63, 3.8) is 0 Å². The van der Waals surface area contributed by atoms with Crippen molar-refractivity contribution in [1.82, 2.24) is 25.1 Å². The predicted molar refractivity (Wildman–Crippen MR) is 101 cm³/mol. The molecule has 0 saturated carbocycles. The highest BCUT2D eigenvalue weighted by molar-refractivity contribution is 5.95. The zero-order valence-corrected chi connectivity index (χ0v) is 16.1. The van der Waals surface area contributed by atoms with Gasteiger partial charge >= 0.3 is 0 Å². The SMILES string of the molecule is Cc1nc(N2CCN(C)CC2)ncc1C(=O)NC[C@@H]1COCCN(C)C1. The molecule has 1 aromatic rings. The molecule has 2 fully saturated rings. The van der Waals surface area contributed by atoms with Gasteiger partial charge in [0.2, 0.25) is 5.95 Å². The Bertz CT molecular complexity index is 618. The number of aromatic nitrogens is 2. The first-order valence-electron chi connectivity index (χ1n) is 9.34. The van der Waals surface area contributed by atoms with Crippen LogP contribution in [-0.4, -0.2) is 98.8 Å². The minimum atomic E-state index is -0.112. The maximum absolute atomic E-state index is 12.5. The Balaban J connectivity index is 1.57. The molecule has 0 aromatic carbocycles. The van der Waals surface area contributed by atoms with E-state index in [0.29, 0.717) is 30.6 Å². The fourth-order valence-corrected chi connectivity index (χ4v) is 3.35. The second-order valence-corrected chi connectivity index (χ2v) is 7.37. The molecule has 0 spiro atoms. The van der Waals surface area contributed by atoms with Crippen LogP contribution in [0.25, 0.3) is 0 Å². The lowest BCUT2D eigenvalue weighted by Gasteiger charge is -2.32. The van der Waals surface area contributed by atoms with Crippen molar-refractivity contribution >= 4 is 11.9 Å². The Kier molecular flexibility index (Phi) is 6.39. The number of likely N-dealkylation sites (N-methyl/N-ethyl adjacent to an activating group) is 2. The van der Waals surface area contributed by atoms with E-state index in [-0.39, 0.29) is 5.91 Å². The predicted octanol–water partition coefficient (Wildman–Crippen LogP) is -0.155. The number of anilines is 1. The fourth-order valence-electron chi connectivity index (χ4n) is 3.35. The van der Waals surface area contributed by atoms with Crippen LogP contribution in [0.5, 0.6) is 0 Å². The average Bonchev–Trinajstić information content (AvgIpc) is 2.84. The van der Waals surface area contributed by atoms with Crippen LogP contribution in [0.1, 0.15) is 16.1 Å². The largest absolute Gasteiger partial charge is 0.380 e. The number of carbonyl (C=O) groups is 1. The summed E-state index contributed by atoms with van der Waals surface area (Å²) in [4.78, 5) is 28.2. The average molecular weight is 362 g/mol. The topological polar surface area (TPSA) is 73.8 Å². The number of rotatable bonds is 4. The van der Waals surface area contributed by atoms with Crippen molar-refractivity contribution in [2.45, 2.75) is 6.92 Å². The monoisotopic (exact) mass is 362 g/mol.